The Labute approximate surface area is 143 Å². The summed E-state index contributed by atoms with van der Waals surface area (Å²) in [6.45, 7) is 2.64. The predicted octanol–water partition coefficient (Wildman–Crippen LogP) is 4.14. The zero-order valence-corrected chi connectivity index (χ0v) is 14.4. The molecule has 0 radical (unpaired) electrons. The van der Waals surface area contributed by atoms with Crippen molar-refractivity contribution in [2.24, 2.45) is 0 Å². The van der Waals surface area contributed by atoms with E-state index < -0.39 is 0 Å². The van der Waals surface area contributed by atoms with Crippen LogP contribution in [0, 0.1) is 6.92 Å². The van der Waals surface area contributed by atoms with Crippen molar-refractivity contribution in [3.8, 4) is 0 Å². The Morgan fingerprint density at radius 1 is 1.22 bits per heavy atom. The van der Waals surface area contributed by atoms with Crippen LogP contribution >= 0.6 is 15.9 Å². The van der Waals surface area contributed by atoms with E-state index >= 15 is 0 Å². The quantitative estimate of drug-likeness (QED) is 0.879. The van der Waals surface area contributed by atoms with Crippen LogP contribution in [0.25, 0.3) is 0 Å². The molecule has 0 atom stereocenters. The van der Waals surface area contributed by atoms with Crippen molar-refractivity contribution in [1.82, 2.24) is 0 Å². The Balaban J connectivity index is 1.87. The summed E-state index contributed by atoms with van der Waals surface area (Å²) in [6, 6.07) is 12.9. The van der Waals surface area contributed by atoms with Gasteiger partial charge in [0.15, 0.2) is 0 Å². The molecule has 0 bridgehead atoms. The van der Waals surface area contributed by atoms with Gasteiger partial charge in [0.1, 0.15) is 0 Å². The third-order valence-corrected chi connectivity index (χ3v) is 4.82. The van der Waals surface area contributed by atoms with E-state index in [-0.39, 0.29) is 11.8 Å². The highest BCUT2D eigenvalue weighted by molar-refractivity contribution is 9.10. The standard InChI is InChI=1S/C18H17BrN2O2/c1-12-11-13(8-9-15(12)19)20-18(23)14-5-2-3-6-16(14)21-10-4-7-17(21)22/h2-3,5-6,8-9,11H,4,7,10H2,1H3,(H,20,23). The van der Waals surface area contributed by atoms with Gasteiger partial charge in [-0.05, 0) is 49.2 Å². The van der Waals surface area contributed by atoms with Gasteiger partial charge in [-0.25, -0.2) is 0 Å². The number of carbonyl (C=O) groups excluding carboxylic acids is 2. The number of hydrogen-bond acceptors (Lipinski definition) is 2. The van der Waals surface area contributed by atoms with E-state index in [0.717, 1.165) is 22.1 Å². The van der Waals surface area contributed by atoms with Gasteiger partial charge in [-0.15, -0.1) is 0 Å². The van der Waals surface area contributed by atoms with Crippen LogP contribution in [0.4, 0.5) is 11.4 Å². The maximum absolute atomic E-state index is 12.6. The lowest BCUT2D eigenvalue weighted by Crippen LogP contribution is -2.27. The second-order valence-electron chi connectivity index (χ2n) is 5.58. The number of para-hydroxylation sites is 1. The van der Waals surface area contributed by atoms with Crippen molar-refractivity contribution < 1.29 is 9.59 Å². The van der Waals surface area contributed by atoms with Crippen LogP contribution in [0.5, 0.6) is 0 Å². The van der Waals surface area contributed by atoms with Gasteiger partial charge in [0.25, 0.3) is 5.91 Å². The summed E-state index contributed by atoms with van der Waals surface area (Å²) in [5, 5.41) is 2.91. The Morgan fingerprint density at radius 3 is 2.70 bits per heavy atom. The molecule has 1 fully saturated rings. The SMILES string of the molecule is Cc1cc(NC(=O)c2ccccc2N2CCCC2=O)ccc1Br. The maximum atomic E-state index is 12.6. The number of amides is 2. The monoisotopic (exact) mass is 372 g/mol. The Bertz CT molecular complexity index is 773. The van der Waals surface area contributed by atoms with Crippen LogP contribution < -0.4 is 10.2 Å². The van der Waals surface area contributed by atoms with E-state index in [4.69, 9.17) is 0 Å². The molecule has 0 aliphatic carbocycles. The fourth-order valence-electron chi connectivity index (χ4n) is 2.72. The molecule has 3 rings (SSSR count). The lowest BCUT2D eigenvalue weighted by molar-refractivity contribution is -0.117. The number of rotatable bonds is 3. The zero-order valence-electron chi connectivity index (χ0n) is 12.8. The van der Waals surface area contributed by atoms with Crippen molar-refractivity contribution in [2.75, 3.05) is 16.8 Å². The third-order valence-electron chi connectivity index (χ3n) is 3.93. The highest BCUT2D eigenvalue weighted by atomic mass is 79.9. The smallest absolute Gasteiger partial charge is 0.257 e. The van der Waals surface area contributed by atoms with Gasteiger partial charge in [0, 0.05) is 23.1 Å². The van der Waals surface area contributed by atoms with Gasteiger partial charge in [-0.1, -0.05) is 28.1 Å². The number of nitrogens with zero attached hydrogens (tertiary/aromatic N) is 1. The van der Waals surface area contributed by atoms with E-state index in [1.54, 1.807) is 11.0 Å². The number of aryl methyl sites for hydroxylation is 1. The Morgan fingerprint density at radius 2 is 2.00 bits per heavy atom. The summed E-state index contributed by atoms with van der Waals surface area (Å²) in [6.07, 6.45) is 1.38. The molecule has 4 nitrogen and oxygen atoms in total. The summed E-state index contributed by atoms with van der Waals surface area (Å²) >= 11 is 3.45. The largest absolute Gasteiger partial charge is 0.322 e. The average molecular weight is 373 g/mol. The lowest BCUT2D eigenvalue weighted by Gasteiger charge is -2.19. The average Bonchev–Trinajstić information content (AvgIpc) is 2.97. The van der Waals surface area contributed by atoms with Crippen LogP contribution in [0.15, 0.2) is 46.9 Å². The van der Waals surface area contributed by atoms with Gasteiger partial charge in [0.05, 0.1) is 11.3 Å². The van der Waals surface area contributed by atoms with Crippen LogP contribution in [0.3, 0.4) is 0 Å². The first kappa shape index (κ1) is 15.7. The van der Waals surface area contributed by atoms with Gasteiger partial charge in [-0.2, -0.15) is 0 Å². The minimum atomic E-state index is -0.206. The van der Waals surface area contributed by atoms with Crippen molar-refractivity contribution in [2.45, 2.75) is 19.8 Å². The molecule has 1 aliphatic heterocycles. The minimum Gasteiger partial charge on any atom is -0.322 e. The molecule has 1 saturated heterocycles. The van der Waals surface area contributed by atoms with Crippen LogP contribution in [-0.2, 0) is 4.79 Å². The van der Waals surface area contributed by atoms with Gasteiger partial charge >= 0.3 is 0 Å². The first-order valence-electron chi connectivity index (χ1n) is 7.53. The van der Waals surface area contributed by atoms with E-state index in [9.17, 15) is 9.59 Å². The zero-order chi connectivity index (χ0) is 16.4. The van der Waals surface area contributed by atoms with E-state index in [2.05, 4.69) is 21.2 Å². The van der Waals surface area contributed by atoms with Crippen LogP contribution in [-0.4, -0.2) is 18.4 Å². The van der Waals surface area contributed by atoms with Crippen molar-refractivity contribution in [3.63, 3.8) is 0 Å². The normalized spacial score (nSPS) is 14.2. The van der Waals surface area contributed by atoms with E-state index in [1.165, 1.54) is 0 Å². The summed E-state index contributed by atoms with van der Waals surface area (Å²) < 4.78 is 0.999. The summed E-state index contributed by atoms with van der Waals surface area (Å²) in [5.41, 5.74) is 2.98. The molecule has 118 valence electrons. The molecule has 5 heteroatoms. The Kier molecular flexibility index (Phi) is 4.48. The summed E-state index contributed by atoms with van der Waals surface area (Å²) in [5.74, 6) is -0.133. The summed E-state index contributed by atoms with van der Waals surface area (Å²) in [7, 11) is 0. The molecular weight excluding hydrogens is 356 g/mol. The molecule has 0 saturated carbocycles. The van der Waals surface area contributed by atoms with E-state index in [1.807, 2.05) is 43.3 Å². The fraction of sp³-hybridized carbons (Fsp3) is 0.222. The first-order valence-corrected chi connectivity index (χ1v) is 8.32. The maximum Gasteiger partial charge on any atom is 0.257 e. The molecule has 0 spiro atoms. The molecule has 2 amide bonds. The van der Waals surface area contributed by atoms with Gasteiger partial charge in [-0.3, -0.25) is 9.59 Å². The molecule has 1 heterocycles. The molecule has 23 heavy (non-hydrogen) atoms. The first-order chi connectivity index (χ1) is 11.1. The van der Waals surface area contributed by atoms with Crippen LogP contribution in [0.2, 0.25) is 0 Å². The molecular formula is C18H17BrN2O2. The number of halogens is 1. The number of benzene rings is 2. The highest BCUT2D eigenvalue weighted by Gasteiger charge is 2.25. The minimum absolute atomic E-state index is 0.0738. The van der Waals surface area contributed by atoms with E-state index in [0.29, 0.717) is 24.2 Å². The number of carbonyl (C=O) groups is 2. The van der Waals surface area contributed by atoms with Gasteiger partial charge in [0.2, 0.25) is 5.91 Å². The summed E-state index contributed by atoms with van der Waals surface area (Å²) in [4.78, 5) is 26.3. The molecule has 1 aliphatic rings. The highest BCUT2D eigenvalue weighted by Crippen LogP contribution is 2.27. The predicted molar refractivity (Wildman–Crippen MR) is 94.9 cm³/mol. The molecule has 2 aromatic carbocycles. The second kappa shape index (κ2) is 6.54. The Hall–Kier alpha value is -2.14. The molecule has 1 N–H and O–H groups in total. The molecule has 2 aromatic rings. The number of hydrogen-bond donors (Lipinski definition) is 1. The van der Waals surface area contributed by atoms with Crippen molar-refractivity contribution >= 4 is 39.1 Å². The molecule has 0 unspecified atom stereocenters. The van der Waals surface area contributed by atoms with Crippen molar-refractivity contribution in [1.29, 1.82) is 0 Å². The number of nitrogens with one attached hydrogen (secondary N) is 1. The fourth-order valence-corrected chi connectivity index (χ4v) is 2.97. The second-order valence-corrected chi connectivity index (χ2v) is 6.44. The van der Waals surface area contributed by atoms with Crippen LogP contribution in [0.1, 0.15) is 28.8 Å². The third kappa shape index (κ3) is 3.29. The van der Waals surface area contributed by atoms with Gasteiger partial charge < -0.3 is 10.2 Å². The molecule has 0 aromatic heterocycles. The lowest BCUT2D eigenvalue weighted by atomic mass is 10.1. The topological polar surface area (TPSA) is 49.4 Å². The van der Waals surface area contributed by atoms with Crippen molar-refractivity contribution in [3.05, 3.63) is 58.1 Å². The number of anilines is 2.